The van der Waals surface area contributed by atoms with E-state index in [2.05, 4.69) is 0 Å². The van der Waals surface area contributed by atoms with Gasteiger partial charge in [0.05, 0.1) is 12.2 Å². The maximum atomic E-state index is 12.7. The molecule has 0 spiro atoms. The van der Waals surface area contributed by atoms with E-state index < -0.39 is 37.3 Å². The maximum absolute atomic E-state index is 12.7. The van der Waals surface area contributed by atoms with Crippen LogP contribution in [0.4, 0.5) is 0 Å². The van der Waals surface area contributed by atoms with Crippen molar-refractivity contribution in [3.63, 3.8) is 0 Å². The molecule has 2 aromatic rings. The molecule has 1 heterocycles. The summed E-state index contributed by atoms with van der Waals surface area (Å²) in [6.07, 6.45) is -6.96. The molecule has 1 aliphatic heterocycles. The van der Waals surface area contributed by atoms with Crippen LogP contribution < -0.4 is 4.74 Å². The molecule has 0 bridgehead atoms. The molecule has 0 unspecified atom stereocenters. The third-order valence-corrected chi connectivity index (χ3v) is 4.93. The number of carbonyl (C=O) groups excluding carboxylic acids is 1. The number of Topliss-reactive ketones (excluding diaryl/α,β-unsaturated/α-hetero) is 1. The van der Waals surface area contributed by atoms with Crippen LogP contribution in [-0.4, -0.2) is 73.7 Å². The van der Waals surface area contributed by atoms with Crippen LogP contribution in [0.2, 0.25) is 0 Å². The van der Waals surface area contributed by atoms with Gasteiger partial charge in [-0.1, -0.05) is 12.1 Å². The number of phenols is 2. The molecule has 1 fully saturated rings. The maximum Gasteiger partial charge on any atom is 0.229 e. The molecule has 5 atom stereocenters. The van der Waals surface area contributed by atoms with Crippen molar-refractivity contribution >= 4 is 5.78 Å². The van der Waals surface area contributed by atoms with Crippen LogP contribution >= 0.6 is 0 Å². The number of ketones is 1. The van der Waals surface area contributed by atoms with Gasteiger partial charge in [0.25, 0.3) is 0 Å². The Morgan fingerprint density at radius 3 is 2.27 bits per heavy atom. The Balaban J connectivity index is 1.76. The van der Waals surface area contributed by atoms with Gasteiger partial charge in [0.1, 0.15) is 41.7 Å². The summed E-state index contributed by atoms with van der Waals surface area (Å²) in [5, 5.41) is 58.3. The summed E-state index contributed by atoms with van der Waals surface area (Å²) >= 11 is 0. The van der Waals surface area contributed by atoms with Crippen LogP contribution in [0.25, 0.3) is 0 Å². The van der Waals surface area contributed by atoms with Gasteiger partial charge in [0.15, 0.2) is 5.78 Å². The highest BCUT2D eigenvalue weighted by Crippen LogP contribution is 2.30. The Hall–Kier alpha value is -2.69. The highest BCUT2D eigenvalue weighted by Gasteiger charge is 2.45. The number of phenolic OH excluding ortho intramolecular Hbond substituents is 2. The lowest BCUT2D eigenvalue weighted by Crippen LogP contribution is -2.60. The summed E-state index contributed by atoms with van der Waals surface area (Å²) in [6, 6.07) is 10.3. The molecule has 6 N–H and O–H groups in total. The predicted molar refractivity (Wildman–Crippen MR) is 103 cm³/mol. The van der Waals surface area contributed by atoms with Gasteiger partial charge in [-0.2, -0.15) is 0 Å². The zero-order valence-corrected chi connectivity index (χ0v) is 16.0. The van der Waals surface area contributed by atoms with Crippen molar-refractivity contribution in [2.24, 2.45) is 0 Å². The Morgan fingerprint density at radius 2 is 1.60 bits per heavy atom. The Labute approximate surface area is 172 Å². The highest BCUT2D eigenvalue weighted by atomic mass is 16.7. The third kappa shape index (κ3) is 4.89. The van der Waals surface area contributed by atoms with Crippen molar-refractivity contribution < 1.29 is 44.9 Å². The largest absolute Gasteiger partial charge is 0.508 e. The molecule has 0 saturated carbocycles. The molecular formula is C21H24O9. The molecule has 9 nitrogen and oxygen atoms in total. The van der Waals surface area contributed by atoms with Crippen LogP contribution in [0.3, 0.4) is 0 Å². The van der Waals surface area contributed by atoms with Crippen LogP contribution in [0, 0.1) is 0 Å². The molecule has 0 aromatic heterocycles. The number of ether oxygens (including phenoxy) is 2. The fourth-order valence-electron chi connectivity index (χ4n) is 3.18. The quantitative estimate of drug-likeness (QED) is 0.342. The second-order valence-corrected chi connectivity index (χ2v) is 7.09. The van der Waals surface area contributed by atoms with Crippen molar-refractivity contribution in [2.75, 3.05) is 6.61 Å². The zero-order valence-electron chi connectivity index (χ0n) is 16.0. The van der Waals surface area contributed by atoms with E-state index in [0.717, 1.165) is 5.56 Å². The summed E-state index contributed by atoms with van der Waals surface area (Å²) < 4.78 is 10.9. The number of aliphatic hydroxyl groups excluding tert-OH is 4. The molecule has 1 aliphatic rings. The summed E-state index contributed by atoms with van der Waals surface area (Å²) in [6.45, 7) is -0.622. The molecule has 162 valence electrons. The lowest BCUT2D eigenvalue weighted by Gasteiger charge is -2.39. The highest BCUT2D eigenvalue weighted by molar-refractivity contribution is 5.99. The first-order valence-corrected chi connectivity index (χ1v) is 9.41. The van der Waals surface area contributed by atoms with Gasteiger partial charge in [0.2, 0.25) is 6.29 Å². The molecule has 0 radical (unpaired) electrons. The van der Waals surface area contributed by atoms with Crippen molar-refractivity contribution in [3.05, 3.63) is 53.6 Å². The number of hydrogen-bond donors (Lipinski definition) is 6. The topological polar surface area (TPSA) is 157 Å². The van der Waals surface area contributed by atoms with E-state index in [0.29, 0.717) is 6.42 Å². The minimum Gasteiger partial charge on any atom is -0.508 e. The van der Waals surface area contributed by atoms with E-state index in [1.165, 1.54) is 30.3 Å². The fourth-order valence-corrected chi connectivity index (χ4v) is 3.18. The smallest absolute Gasteiger partial charge is 0.229 e. The molecule has 2 aromatic carbocycles. The lowest BCUT2D eigenvalue weighted by molar-refractivity contribution is -0.277. The van der Waals surface area contributed by atoms with E-state index in [1.807, 2.05) is 0 Å². The number of aliphatic hydroxyl groups is 4. The van der Waals surface area contributed by atoms with Crippen LogP contribution in [0.15, 0.2) is 42.5 Å². The number of aromatic hydroxyl groups is 2. The first-order chi connectivity index (χ1) is 14.3. The second-order valence-electron chi connectivity index (χ2n) is 7.09. The minimum atomic E-state index is -1.65. The number of aryl methyl sites for hydroxylation is 1. The third-order valence-electron chi connectivity index (χ3n) is 4.93. The average molecular weight is 420 g/mol. The van der Waals surface area contributed by atoms with Gasteiger partial charge in [0, 0.05) is 12.5 Å². The fraction of sp³-hybridized carbons (Fsp3) is 0.381. The summed E-state index contributed by atoms with van der Waals surface area (Å²) in [5.41, 5.74) is 0.972. The van der Waals surface area contributed by atoms with Gasteiger partial charge in [-0.3, -0.25) is 4.79 Å². The normalized spacial score (nSPS) is 26.3. The van der Waals surface area contributed by atoms with Crippen LogP contribution in [-0.2, 0) is 11.2 Å². The molecule has 0 aliphatic carbocycles. The van der Waals surface area contributed by atoms with Gasteiger partial charge in [-0.15, -0.1) is 0 Å². The van der Waals surface area contributed by atoms with Gasteiger partial charge in [-0.25, -0.2) is 0 Å². The predicted octanol–water partition coefficient (Wildman–Crippen LogP) is 0.0920. The molecule has 30 heavy (non-hydrogen) atoms. The van der Waals surface area contributed by atoms with Crippen LogP contribution in [0.1, 0.15) is 22.3 Å². The van der Waals surface area contributed by atoms with E-state index in [4.69, 9.17) is 9.47 Å². The standard InChI is InChI=1S/C21H24O9/c22-10-17-18(26)19(27)20(28)21(30-17)29-16-9-13(24)6-7-14(16)15(25)8-3-11-1-4-12(23)5-2-11/h1-2,4-7,9,17-24,26-28H,3,8,10H2/t17-,18+,19-,20-,21+/m1/s1. The van der Waals surface area contributed by atoms with E-state index >= 15 is 0 Å². The molecule has 0 amide bonds. The Morgan fingerprint density at radius 1 is 0.933 bits per heavy atom. The van der Waals surface area contributed by atoms with Gasteiger partial charge >= 0.3 is 0 Å². The zero-order chi connectivity index (χ0) is 21.8. The van der Waals surface area contributed by atoms with Crippen molar-refractivity contribution in [1.82, 2.24) is 0 Å². The number of carbonyl (C=O) groups is 1. The Bertz CT molecular complexity index is 865. The molecule has 3 rings (SSSR count). The molecule has 9 heteroatoms. The number of benzene rings is 2. The molecular weight excluding hydrogens is 396 g/mol. The summed E-state index contributed by atoms with van der Waals surface area (Å²) in [4.78, 5) is 12.7. The number of rotatable bonds is 7. The first kappa shape index (κ1) is 22.0. The van der Waals surface area contributed by atoms with E-state index in [-0.39, 0.29) is 35.0 Å². The van der Waals surface area contributed by atoms with Gasteiger partial charge < -0.3 is 40.1 Å². The van der Waals surface area contributed by atoms with Crippen molar-refractivity contribution in [1.29, 1.82) is 0 Å². The summed E-state index contributed by atoms with van der Waals surface area (Å²) in [5.74, 6) is -0.443. The SMILES string of the molecule is O=C(CCc1ccc(O)cc1)c1ccc(O)cc1O[C@H]1O[C@H](CO)[C@H](O)[C@@H](O)[C@H]1O. The average Bonchev–Trinajstić information content (AvgIpc) is 2.73. The molecule has 1 saturated heterocycles. The minimum absolute atomic E-state index is 0.0740. The van der Waals surface area contributed by atoms with Crippen molar-refractivity contribution in [3.8, 4) is 17.2 Å². The van der Waals surface area contributed by atoms with E-state index in [1.54, 1.807) is 12.1 Å². The second kappa shape index (κ2) is 9.41. The Kier molecular flexibility index (Phi) is 6.91. The summed E-state index contributed by atoms with van der Waals surface area (Å²) in [7, 11) is 0. The monoisotopic (exact) mass is 420 g/mol. The van der Waals surface area contributed by atoms with Crippen LogP contribution in [0.5, 0.6) is 17.2 Å². The lowest BCUT2D eigenvalue weighted by atomic mass is 9.99. The number of hydrogen-bond acceptors (Lipinski definition) is 9. The van der Waals surface area contributed by atoms with E-state index in [9.17, 15) is 35.4 Å². The van der Waals surface area contributed by atoms with Crippen molar-refractivity contribution in [2.45, 2.75) is 43.5 Å². The first-order valence-electron chi connectivity index (χ1n) is 9.41. The van der Waals surface area contributed by atoms with Gasteiger partial charge in [-0.05, 0) is 36.2 Å².